The molecule has 2 amide bonds. The van der Waals surface area contributed by atoms with Crippen LogP contribution in [0.25, 0.3) is 0 Å². The Balaban J connectivity index is 2.70. The first kappa shape index (κ1) is 14.1. The second-order valence-electron chi connectivity index (χ2n) is 3.92. The van der Waals surface area contributed by atoms with Gasteiger partial charge < -0.3 is 16.4 Å². The zero-order valence-electron chi connectivity index (χ0n) is 10.8. The second kappa shape index (κ2) is 7.36. The Bertz CT molecular complexity index is 472. The van der Waals surface area contributed by atoms with E-state index in [1.807, 2.05) is 32.0 Å². The van der Waals surface area contributed by atoms with Gasteiger partial charge in [-0.05, 0) is 37.1 Å². The number of carbonyl (C=O) groups excluding carboxylic acids is 1. The number of nitrogens with two attached hydrogens (primary N) is 1. The monoisotopic (exact) mass is 245 g/mol. The van der Waals surface area contributed by atoms with Crippen molar-refractivity contribution in [3.8, 4) is 11.8 Å². The molecule has 0 aliphatic rings. The van der Waals surface area contributed by atoms with Gasteiger partial charge in [-0.25, -0.2) is 4.79 Å². The van der Waals surface area contributed by atoms with Crippen molar-refractivity contribution in [1.29, 1.82) is 0 Å². The topological polar surface area (TPSA) is 67.2 Å². The normalized spacial score (nSPS) is 9.28. The van der Waals surface area contributed by atoms with E-state index in [9.17, 15) is 4.79 Å². The molecule has 0 atom stereocenters. The summed E-state index contributed by atoms with van der Waals surface area (Å²) in [6.45, 7) is 4.96. The molecule has 0 aromatic heterocycles. The van der Waals surface area contributed by atoms with E-state index in [1.165, 1.54) is 0 Å². The van der Waals surface area contributed by atoms with Crippen molar-refractivity contribution in [2.45, 2.75) is 20.3 Å². The maximum atomic E-state index is 11.5. The zero-order valence-corrected chi connectivity index (χ0v) is 10.8. The summed E-state index contributed by atoms with van der Waals surface area (Å²) in [5.74, 6) is 5.75. The molecular weight excluding hydrogens is 226 g/mol. The fraction of sp³-hybridized carbons (Fsp3) is 0.357. The van der Waals surface area contributed by atoms with E-state index in [0.29, 0.717) is 13.1 Å². The Labute approximate surface area is 108 Å². The standard InChI is InChI=1S/C14H19N3O/c1-3-9-16-14(18)17-13-7-6-12(5-4-8-15)10-11(13)2/h6-7,10H,3,8-9,15H2,1-2H3,(H2,16,17,18). The molecule has 0 heterocycles. The lowest BCUT2D eigenvalue weighted by molar-refractivity contribution is 0.252. The van der Waals surface area contributed by atoms with Gasteiger partial charge in [0.1, 0.15) is 0 Å². The average molecular weight is 245 g/mol. The SMILES string of the molecule is CCCNC(=O)Nc1ccc(C#CCN)cc1C. The first-order valence-electron chi connectivity index (χ1n) is 6.01. The van der Waals surface area contributed by atoms with Crippen molar-refractivity contribution in [1.82, 2.24) is 5.32 Å². The number of hydrogen-bond acceptors (Lipinski definition) is 2. The lowest BCUT2D eigenvalue weighted by atomic mass is 10.1. The van der Waals surface area contributed by atoms with E-state index < -0.39 is 0 Å². The molecule has 18 heavy (non-hydrogen) atoms. The molecular formula is C14H19N3O. The summed E-state index contributed by atoms with van der Waals surface area (Å²) in [5, 5.41) is 5.57. The number of hydrogen-bond donors (Lipinski definition) is 3. The van der Waals surface area contributed by atoms with Crippen LogP contribution in [0.1, 0.15) is 24.5 Å². The summed E-state index contributed by atoms with van der Waals surface area (Å²) in [4.78, 5) is 11.5. The highest BCUT2D eigenvalue weighted by atomic mass is 16.2. The zero-order chi connectivity index (χ0) is 13.4. The summed E-state index contributed by atoms with van der Waals surface area (Å²) in [7, 11) is 0. The molecule has 96 valence electrons. The van der Waals surface area contributed by atoms with Crippen molar-refractivity contribution in [3.63, 3.8) is 0 Å². The molecule has 4 nitrogen and oxygen atoms in total. The number of nitrogens with one attached hydrogen (secondary N) is 2. The third kappa shape index (κ3) is 4.48. The van der Waals surface area contributed by atoms with E-state index in [-0.39, 0.29) is 6.03 Å². The van der Waals surface area contributed by atoms with Crippen LogP contribution in [0.2, 0.25) is 0 Å². The van der Waals surface area contributed by atoms with Crippen molar-refractivity contribution in [3.05, 3.63) is 29.3 Å². The van der Waals surface area contributed by atoms with E-state index in [1.54, 1.807) is 0 Å². The molecule has 1 rings (SSSR count). The second-order valence-corrected chi connectivity index (χ2v) is 3.92. The maximum Gasteiger partial charge on any atom is 0.319 e. The predicted molar refractivity (Wildman–Crippen MR) is 74.4 cm³/mol. The highest BCUT2D eigenvalue weighted by Gasteiger charge is 2.03. The van der Waals surface area contributed by atoms with Crippen LogP contribution >= 0.6 is 0 Å². The third-order valence-corrected chi connectivity index (χ3v) is 2.34. The van der Waals surface area contributed by atoms with Gasteiger partial charge in [0.05, 0.1) is 6.54 Å². The molecule has 4 heteroatoms. The lowest BCUT2D eigenvalue weighted by Gasteiger charge is -2.09. The minimum atomic E-state index is -0.180. The van der Waals surface area contributed by atoms with Crippen LogP contribution in [0, 0.1) is 18.8 Å². The van der Waals surface area contributed by atoms with Gasteiger partial charge in [-0.3, -0.25) is 0 Å². The highest BCUT2D eigenvalue weighted by molar-refractivity contribution is 5.90. The summed E-state index contributed by atoms with van der Waals surface area (Å²) >= 11 is 0. The molecule has 0 radical (unpaired) electrons. The smallest absolute Gasteiger partial charge is 0.319 e. The summed E-state index contributed by atoms with van der Waals surface area (Å²) in [6, 6.07) is 5.46. The van der Waals surface area contributed by atoms with Gasteiger partial charge in [0.2, 0.25) is 0 Å². The predicted octanol–water partition coefficient (Wildman–Crippen LogP) is 1.84. The van der Waals surface area contributed by atoms with Crippen molar-refractivity contribution in [2.75, 3.05) is 18.4 Å². The first-order valence-corrected chi connectivity index (χ1v) is 6.01. The van der Waals surface area contributed by atoms with Gasteiger partial charge >= 0.3 is 6.03 Å². The number of rotatable bonds is 3. The van der Waals surface area contributed by atoms with Crippen molar-refractivity contribution < 1.29 is 4.79 Å². The van der Waals surface area contributed by atoms with Gasteiger partial charge in [0.15, 0.2) is 0 Å². The fourth-order valence-corrected chi connectivity index (χ4v) is 1.44. The number of anilines is 1. The molecule has 4 N–H and O–H groups in total. The van der Waals surface area contributed by atoms with Crippen LogP contribution in [-0.2, 0) is 0 Å². The van der Waals surface area contributed by atoms with Crippen LogP contribution in [0.4, 0.5) is 10.5 Å². The number of urea groups is 1. The van der Waals surface area contributed by atoms with Gasteiger partial charge in [0, 0.05) is 17.8 Å². The van der Waals surface area contributed by atoms with Gasteiger partial charge in [0.25, 0.3) is 0 Å². The van der Waals surface area contributed by atoms with Crippen LogP contribution < -0.4 is 16.4 Å². The molecule has 0 spiro atoms. The molecule has 1 aromatic carbocycles. The molecule has 0 fully saturated rings. The Morgan fingerprint density at radius 1 is 1.44 bits per heavy atom. The Hall–Kier alpha value is -1.99. The van der Waals surface area contributed by atoms with E-state index in [2.05, 4.69) is 22.5 Å². The number of aryl methyl sites for hydroxylation is 1. The highest BCUT2D eigenvalue weighted by Crippen LogP contribution is 2.15. The van der Waals surface area contributed by atoms with Crippen molar-refractivity contribution >= 4 is 11.7 Å². The van der Waals surface area contributed by atoms with E-state index in [4.69, 9.17) is 5.73 Å². The minimum Gasteiger partial charge on any atom is -0.338 e. The van der Waals surface area contributed by atoms with E-state index >= 15 is 0 Å². The third-order valence-electron chi connectivity index (χ3n) is 2.34. The average Bonchev–Trinajstić information content (AvgIpc) is 2.36. The van der Waals surface area contributed by atoms with Crippen LogP contribution in [0.5, 0.6) is 0 Å². The summed E-state index contributed by atoms with van der Waals surface area (Å²) in [5.41, 5.74) is 7.99. The number of benzene rings is 1. The van der Waals surface area contributed by atoms with Crippen molar-refractivity contribution in [2.24, 2.45) is 5.73 Å². The van der Waals surface area contributed by atoms with Crippen LogP contribution in [0.15, 0.2) is 18.2 Å². The fourth-order valence-electron chi connectivity index (χ4n) is 1.44. The number of amides is 2. The lowest BCUT2D eigenvalue weighted by Crippen LogP contribution is -2.29. The van der Waals surface area contributed by atoms with Gasteiger partial charge in [-0.15, -0.1) is 0 Å². The van der Waals surface area contributed by atoms with Crippen LogP contribution in [-0.4, -0.2) is 19.1 Å². The van der Waals surface area contributed by atoms with Gasteiger partial charge in [-0.1, -0.05) is 18.8 Å². The summed E-state index contributed by atoms with van der Waals surface area (Å²) in [6.07, 6.45) is 0.917. The Morgan fingerprint density at radius 3 is 2.83 bits per heavy atom. The molecule has 0 aliphatic carbocycles. The molecule has 0 bridgehead atoms. The number of carbonyl (C=O) groups is 1. The van der Waals surface area contributed by atoms with Gasteiger partial charge in [-0.2, -0.15) is 0 Å². The molecule has 0 aliphatic heterocycles. The molecule has 0 saturated carbocycles. The Morgan fingerprint density at radius 2 is 2.22 bits per heavy atom. The van der Waals surface area contributed by atoms with E-state index in [0.717, 1.165) is 23.2 Å². The quantitative estimate of drug-likeness (QED) is 0.711. The molecule has 0 unspecified atom stereocenters. The Kier molecular flexibility index (Phi) is 5.75. The molecule has 0 saturated heterocycles. The largest absolute Gasteiger partial charge is 0.338 e. The van der Waals surface area contributed by atoms with Crippen LogP contribution in [0.3, 0.4) is 0 Å². The molecule has 1 aromatic rings. The summed E-state index contributed by atoms with van der Waals surface area (Å²) < 4.78 is 0. The maximum absolute atomic E-state index is 11.5. The first-order chi connectivity index (χ1) is 8.67. The minimum absolute atomic E-state index is 0.180.